The van der Waals surface area contributed by atoms with Crippen LogP contribution in [0.4, 0.5) is 15.8 Å². The van der Waals surface area contributed by atoms with Crippen molar-refractivity contribution in [2.45, 2.75) is 13.0 Å². The minimum atomic E-state index is -1.19. The Balaban J connectivity index is 3.22. The van der Waals surface area contributed by atoms with Crippen LogP contribution in [0.2, 0.25) is 0 Å². The lowest BCUT2D eigenvalue weighted by atomic mass is 10.2. The van der Waals surface area contributed by atoms with Gasteiger partial charge in [-0.3, -0.25) is 14.9 Å². The first-order valence-electron chi connectivity index (χ1n) is 4.88. The number of hydrogen-bond donors (Lipinski definition) is 2. The van der Waals surface area contributed by atoms with Crippen molar-refractivity contribution in [3.8, 4) is 5.75 Å². The molecule has 1 aromatic rings. The van der Waals surface area contributed by atoms with Crippen LogP contribution in [-0.2, 0) is 4.79 Å². The van der Waals surface area contributed by atoms with E-state index >= 15 is 0 Å². The average Bonchev–Trinajstić information content (AvgIpc) is 2.30. The zero-order valence-corrected chi connectivity index (χ0v) is 9.64. The number of nitrogens with zero attached hydrogens (tertiary/aromatic N) is 1. The van der Waals surface area contributed by atoms with Crippen molar-refractivity contribution in [3.05, 3.63) is 28.1 Å². The maximum absolute atomic E-state index is 13.3. The molecule has 0 aromatic heterocycles. The standard InChI is InChI=1S/C10H11FN2O5/c1-5(10(14)15)12-7-4-9(18-2)6(11)3-8(7)13(16)17/h3-5,12H,1-2H3,(H,14,15). The van der Waals surface area contributed by atoms with E-state index in [1.807, 2.05) is 0 Å². The molecule has 0 aliphatic carbocycles. The molecule has 1 atom stereocenters. The molecule has 0 saturated carbocycles. The van der Waals surface area contributed by atoms with Gasteiger partial charge in [-0.2, -0.15) is 0 Å². The first-order chi connectivity index (χ1) is 8.36. The van der Waals surface area contributed by atoms with Crippen LogP contribution in [-0.4, -0.2) is 29.2 Å². The molecule has 0 heterocycles. The third-order valence-corrected chi connectivity index (χ3v) is 2.21. The quantitative estimate of drug-likeness (QED) is 0.614. The summed E-state index contributed by atoms with van der Waals surface area (Å²) >= 11 is 0. The Morgan fingerprint density at radius 3 is 2.67 bits per heavy atom. The van der Waals surface area contributed by atoms with Gasteiger partial charge < -0.3 is 15.2 Å². The summed E-state index contributed by atoms with van der Waals surface area (Å²) in [4.78, 5) is 20.6. The van der Waals surface area contributed by atoms with Gasteiger partial charge >= 0.3 is 5.97 Å². The molecule has 0 fully saturated rings. The monoisotopic (exact) mass is 258 g/mol. The van der Waals surface area contributed by atoms with E-state index in [1.165, 1.54) is 14.0 Å². The van der Waals surface area contributed by atoms with E-state index in [-0.39, 0.29) is 11.4 Å². The zero-order valence-electron chi connectivity index (χ0n) is 9.64. The molecule has 0 spiro atoms. The van der Waals surface area contributed by atoms with Crippen LogP contribution in [0.25, 0.3) is 0 Å². The molecule has 8 heteroatoms. The number of carbonyl (C=O) groups is 1. The molecule has 0 radical (unpaired) electrons. The molecule has 2 N–H and O–H groups in total. The number of carboxylic acid groups (broad SMARTS) is 1. The second-order valence-electron chi connectivity index (χ2n) is 3.47. The number of rotatable bonds is 5. The molecule has 0 aliphatic heterocycles. The number of carboxylic acids is 1. The molecule has 0 amide bonds. The SMILES string of the molecule is COc1cc(NC(C)C(=O)O)c([N+](=O)[O-])cc1F. The van der Waals surface area contributed by atoms with Crippen molar-refractivity contribution in [1.82, 2.24) is 0 Å². The number of nitro groups is 1. The third kappa shape index (κ3) is 2.84. The fourth-order valence-corrected chi connectivity index (χ4v) is 1.26. The summed E-state index contributed by atoms with van der Waals surface area (Å²) in [6.45, 7) is 1.31. The van der Waals surface area contributed by atoms with Gasteiger partial charge in [-0.25, -0.2) is 4.39 Å². The molecule has 98 valence electrons. The normalized spacial score (nSPS) is 11.7. The van der Waals surface area contributed by atoms with Crippen molar-refractivity contribution >= 4 is 17.3 Å². The minimum Gasteiger partial charge on any atom is -0.494 e. The molecular weight excluding hydrogens is 247 g/mol. The predicted molar refractivity (Wildman–Crippen MR) is 60.3 cm³/mol. The highest BCUT2D eigenvalue weighted by atomic mass is 19.1. The van der Waals surface area contributed by atoms with Gasteiger partial charge in [0.2, 0.25) is 0 Å². The smallest absolute Gasteiger partial charge is 0.325 e. The summed E-state index contributed by atoms with van der Waals surface area (Å²) in [5.41, 5.74) is -0.672. The van der Waals surface area contributed by atoms with Gasteiger partial charge in [0.05, 0.1) is 18.1 Å². The van der Waals surface area contributed by atoms with Gasteiger partial charge in [0.1, 0.15) is 11.7 Å². The van der Waals surface area contributed by atoms with Crippen molar-refractivity contribution < 1.29 is 24.0 Å². The largest absolute Gasteiger partial charge is 0.494 e. The van der Waals surface area contributed by atoms with E-state index < -0.39 is 28.4 Å². The van der Waals surface area contributed by atoms with E-state index in [0.717, 1.165) is 6.07 Å². The van der Waals surface area contributed by atoms with E-state index in [1.54, 1.807) is 0 Å². The highest BCUT2D eigenvalue weighted by Gasteiger charge is 2.22. The van der Waals surface area contributed by atoms with Crippen LogP contribution in [0.3, 0.4) is 0 Å². The van der Waals surface area contributed by atoms with E-state index in [9.17, 15) is 19.3 Å². The van der Waals surface area contributed by atoms with Gasteiger partial charge in [-0.1, -0.05) is 0 Å². The maximum Gasteiger partial charge on any atom is 0.325 e. The van der Waals surface area contributed by atoms with Gasteiger partial charge in [-0.15, -0.1) is 0 Å². The molecule has 1 rings (SSSR count). The first kappa shape index (κ1) is 13.7. The summed E-state index contributed by atoms with van der Waals surface area (Å²) in [6, 6.07) is 0.668. The number of halogens is 1. The average molecular weight is 258 g/mol. The zero-order chi connectivity index (χ0) is 13.9. The van der Waals surface area contributed by atoms with Crippen molar-refractivity contribution in [1.29, 1.82) is 0 Å². The maximum atomic E-state index is 13.3. The van der Waals surface area contributed by atoms with Crippen LogP contribution in [0.1, 0.15) is 6.92 Å². The summed E-state index contributed by atoms with van der Waals surface area (Å²) in [5.74, 6) is -2.29. The second-order valence-corrected chi connectivity index (χ2v) is 3.47. The molecule has 1 aromatic carbocycles. The van der Waals surface area contributed by atoms with Crippen LogP contribution >= 0.6 is 0 Å². The Bertz CT molecular complexity index is 491. The fourth-order valence-electron chi connectivity index (χ4n) is 1.26. The summed E-state index contributed by atoms with van der Waals surface area (Å²) < 4.78 is 18.0. The molecule has 0 aliphatic rings. The van der Waals surface area contributed by atoms with E-state index in [4.69, 9.17) is 5.11 Å². The van der Waals surface area contributed by atoms with Gasteiger partial charge in [0.25, 0.3) is 5.69 Å². The fraction of sp³-hybridized carbons (Fsp3) is 0.300. The Hall–Kier alpha value is -2.38. The number of aliphatic carboxylic acids is 1. The minimum absolute atomic E-state index is 0.117. The van der Waals surface area contributed by atoms with Gasteiger partial charge in [0.15, 0.2) is 11.6 Å². The van der Waals surface area contributed by atoms with Crippen molar-refractivity contribution in [2.24, 2.45) is 0 Å². The van der Waals surface area contributed by atoms with E-state index in [2.05, 4.69) is 10.1 Å². The number of anilines is 1. The molecule has 18 heavy (non-hydrogen) atoms. The lowest BCUT2D eigenvalue weighted by molar-refractivity contribution is -0.384. The van der Waals surface area contributed by atoms with Crippen LogP contribution in [0.15, 0.2) is 12.1 Å². The molecule has 1 unspecified atom stereocenters. The number of nitro benzene ring substituents is 1. The lowest BCUT2D eigenvalue weighted by Crippen LogP contribution is -2.25. The second kappa shape index (κ2) is 5.30. The molecular formula is C10H11FN2O5. The predicted octanol–water partition coefficient (Wildman–Crippen LogP) is 1.63. The summed E-state index contributed by atoms with van der Waals surface area (Å²) in [7, 11) is 1.20. The number of methoxy groups -OCH3 is 1. The number of hydrogen-bond acceptors (Lipinski definition) is 5. The summed E-state index contributed by atoms with van der Waals surface area (Å²) in [5, 5.41) is 21.9. The number of benzene rings is 1. The summed E-state index contributed by atoms with van der Waals surface area (Å²) in [6.07, 6.45) is 0. The molecule has 0 saturated heterocycles. The highest BCUT2D eigenvalue weighted by molar-refractivity contribution is 5.78. The van der Waals surface area contributed by atoms with Crippen molar-refractivity contribution in [3.63, 3.8) is 0 Å². The highest BCUT2D eigenvalue weighted by Crippen LogP contribution is 2.32. The Labute approximate surface area is 101 Å². The Kier molecular flexibility index (Phi) is 4.03. The van der Waals surface area contributed by atoms with E-state index in [0.29, 0.717) is 6.07 Å². The third-order valence-electron chi connectivity index (χ3n) is 2.21. The molecule has 7 nitrogen and oxygen atoms in total. The Morgan fingerprint density at radius 2 is 2.22 bits per heavy atom. The van der Waals surface area contributed by atoms with Gasteiger partial charge in [0, 0.05) is 6.07 Å². The van der Waals surface area contributed by atoms with Gasteiger partial charge in [-0.05, 0) is 6.92 Å². The number of nitrogens with one attached hydrogen (secondary N) is 1. The van der Waals surface area contributed by atoms with Crippen LogP contribution in [0.5, 0.6) is 5.75 Å². The first-order valence-corrected chi connectivity index (χ1v) is 4.88. The topological polar surface area (TPSA) is 102 Å². The van der Waals surface area contributed by atoms with Crippen LogP contribution < -0.4 is 10.1 Å². The Morgan fingerprint density at radius 1 is 1.61 bits per heavy atom. The lowest BCUT2D eigenvalue weighted by Gasteiger charge is -2.12. The number of ether oxygens (including phenoxy) is 1. The van der Waals surface area contributed by atoms with Crippen LogP contribution in [0, 0.1) is 15.9 Å². The molecule has 0 bridgehead atoms. The van der Waals surface area contributed by atoms with Crippen molar-refractivity contribution in [2.75, 3.05) is 12.4 Å².